The molecule has 0 unspecified atom stereocenters. The summed E-state index contributed by atoms with van der Waals surface area (Å²) in [6.07, 6.45) is 0. The summed E-state index contributed by atoms with van der Waals surface area (Å²) in [4.78, 5) is 27.1. The first-order valence-electron chi connectivity index (χ1n) is 8.27. The molecule has 0 aliphatic carbocycles. The molecular formula is C19H17ClN4O3S. The lowest BCUT2D eigenvalue weighted by molar-refractivity contribution is -0.113. The Labute approximate surface area is 170 Å². The van der Waals surface area contributed by atoms with Crippen molar-refractivity contribution in [3.05, 3.63) is 63.4 Å². The molecule has 0 saturated heterocycles. The maximum Gasteiger partial charge on any atom is 0.278 e. The number of nitrogens with zero attached hydrogens (tertiary/aromatic N) is 2. The van der Waals surface area contributed by atoms with E-state index in [1.54, 1.807) is 24.3 Å². The summed E-state index contributed by atoms with van der Waals surface area (Å²) >= 11 is 7.15. The highest BCUT2D eigenvalue weighted by atomic mass is 35.5. The van der Waals surface area contributed by atoms with Gasteiger partial charge in [-0.2, -0.15) is 0 Å². The number of hydrogen-bond acceptors (Lipinski definition) is 6. The second kappa shape index (κ2) is 8.90. The first-order valence-corrected chi connectivity index (χ1v) is 9.63. The van der Waals surface area contributed by atoms with Crippen LogP contribution in [0.5, 0.6) is 5.75 Å². The minimum absolute atomic E-state index is 0.0418. The number of amides is 1. The van der Waals surface area contributed by atoms with E-state index in [9.17, 15) is 9.59 Å². The van der Waals surface area contributed by atoms with Crippen LogP contribution in [0.15, 0.2) is 52.4 Å². The Balaban J connectivity index is 1.66. The minimum Gasteiger partial charge on any atom is -0.495 e. The molecule has 3 rings (SSSR count). The predicted molar refractivity (Wildman–Crippen MR) is 110 cm³/mol. The maximum atomic E-state index is 12.3. The minimum atomic E-state index is -0.362. The van der Waals surface area contributed by atoms with Gasteiger partial charge in [-0.25, -0.2) is 0 Å². The number of aryl methyl sites for hydroxylation is 1. The van der Waals surface area contributed by atoms with E-state index < -0.39 is 0 Å². The summed E-state index contributed by atoms with van der Waals surface area (Å²) in [5.74, 6) is 0.231. The molecule has 9 heteroatoms. The van der Waals surface area contributed by atoms with Gasteiger partial charge >= 0.3 is 0 Å². The third-order valence-corrected chi connectivity index (χ3v) is 5.09. The van der Waals surface area contributed by atoms with E-state index in [1.165, 1.54) is 7.11 Å². The number of H-pyrrole nitrogens is 1. The highest BCUT2D eigenvalue weighted by Gasteiger charge is 2.12. The number of nitrogens with one attached hydrogen (secondary N) is 2. The van der Waals surface area contributed by atoms with Gasteiger partial charge in [0.05, 0.1) is 18.6 Å². The lowest BCUT2D eigenvalue weighted by Crippen LogP contribution is -2.17. The number of carbonyl (C=O) groups excluding carboxylic acids is 1. The van der Waals surface area contributed by atoms with Gasteiger partial charge < -0.3 is 10.1 Å². The smallest absolute Gasteiger partial charge is 0.278 e. The summed E-state index contributed by atoms with van der Waals surface area (Å²) in [5, 5.41) is 11.6. The number of thioether (sulfide) groups is 1. The highest BCUT2D eigenvalue weighted by Crippen LogP contribution is 2.31. The maximum absolute atomic E-state index is 12.3. The Bertz CT molecular complexity index is 1060. The zero-order chi connectivity index (χ0) is 20.1. The third kappa shape index (κ3) is 4.71. The van der Waals surface area contributed by atoms with Gasteiger partial charge in [-0.15, -0.1) is 10.2 Å². The van der Waals surface area contributed by atoms with Crippen LogP contribution in [-0.2, 0) is 4.79 Å². The number of aromatic amines is 1. The number of halogens is 1. The molecule has 0 saturated carbocycles. The van der Waals surface area contributed by atoms with E-state index in [2.05, 4.69) is 20.5 Å². The molecule has 1 aromatic heterocycles. The standard InChI is InChI=1S/C19H17ClN4O3S/c1-11-8-14(15(27-2)9-13(11)20)21-16(25)10-28-19-22-18(26)17(23-24-19)12-6-4-3-5-7-12/h3-9H,10H2,1-2H3,(H,21,25)(H,22,24,26). The van der Waals surface area contributed by atoms with Crippen molar-refractivity contribution in [2.24, 2.45) is 0 Å². The van der Waals surface area contributed by atoms with E-state index in [1.807, 2.05) is 25.1 Å². The van der Waals surface area contributed by atoms with Gasteiger partial charge in [0.1, 0.15) is 5.75 Å². The molecule has 2 aromatic carbocycles. The molecule has 0 spiro atoms. The summed E-state index contributed by atoms with van der Waals surface area (Å²) in [6, 6.07) is 12.4. The van der Waals surface area contributed by atoms with Crippen LogP contribution in [-0.4, -0.2) is 34.0 Å². The van der Waals surface area contributed by atoms with Crippen LogP contribution in [0.4, 0.5) is 5.69 Å². The fourth-order valence-corrected chi connectivity index (χ4v) is 3.18. The quantitative estimate of drug-likeness (QED) is 0.596. The molecule has 28 heavy (non-hydrogen) atoms. The number of anilines is 1. The summed E-state index contributed by atoms with van der Waals surface area (Å²) in [7, 11) is 1.50. The summed E-state index contributed by atoms with van der Waals surface area (Å²) in [5.41, 5.74) is 1.89. The lowest BCUT2D eigenvalue weighted by Gasteiger charge is -2.12. The van der Waals surface area contributed by atoms with Crippen LogP contribution in [0.2, 0.25) is 5.02 Å². The first kappa shape index (κ1) is 19.9. The van der Waals surface area contributed by atoms with E-state index >= 15 is 0 Å². The molecule has 7 nitrogen and oxygen atoms in total. The van der Waals surface area contributed by atoms with Crippen molar-refractivity contribution in [2.45, 2.75) is 12.1 Å². The van der Waals surface area contributed by atoms with E-state index in [4.69, 9.17) is 16.3 Å². The SMILES string of the molecule is COc1cc(Cl)c(C)cc1NC(=O)CSc1nnc(-c2ccccc2)c(=O)[nH]1. The van der Waals surface area contributed by atoms with Gasteiger partial charge in [0.25, 0.3) is 5.56 Å². The van der Waals surface area contributed by atoms with Crippen molar-refractivity contribution in [3.63, 3.8) is 0 Å². The van der Waals surface area contributed by atoms with Crippen LogP contribution < -0.4 is 15.6 Å². The number of aromatic nitrogens is 3. The molecule has 144 valence electrons. The average Bonchev–Trinajstić information content (AvgIpc) is 2.69. The van der Waals surface area contributed by atoms with Crippen LogP contribution in [0.3, 0.4) is 0 Å². The molecule has 1 amide bonds. The van der Waals surface area contributed by atoms with Crippen molar-refractivity contribution in [2.75, 3.05) is 18.2 Å². The number of ether oxygens (including phenoxy) is 1. The van der Waals surface area contributed by atoms with Crippen molar-refractivity contribution < 1.29 is 9.53 Å². The zero-order valence-electron chi connectivity index (χ0n) is 15.2. The molecule has 2 N–H and O–H groups in total. The molecule has 0 fully saturated rings. The lowest BCUT2D eigenvalue weighted by atomic mass is 10.2. The molecule has 0 aliphatic rings. The first-order chi connectivity index (χ1) is 13.5. The van der Waals surface area contributed by atoms with Crippen molar-refractivity contribution in [1.29, 1.82) is 0 Å². The fourth-order valence-electron chi connectivity index (χ4n) is 2.42. The number of methoxy groups -OCH3 is 1. The zero-order valence-corrected chi connectivity index (χ0v) is 16.7. The topological polar surface area (TPSA) is 97.0 Å². The van der Waals surface area contributed by atoms with Gasteiger partial charge in [0, 0.05) is 16.7 Å². The van der Waals surface area contributed by atoms with Crippen molar-refractivity contribution in [3.8, 4) is 17.0 Å². The normalized spacial score (nSPS) is 10.5. The number of carbonyl (C=O) groups is 1. The summed E-state index contributed by atoms with van der Waals surface area (Å²) in [6.45, 7) is 1.83. The highest BCUT2D eigenvalue weighted by molar-refractivity contribution is 7.99. The molecule has 0 aliphatic heterocycles. The van der Waals surface area contributed by atoms with Crippen LogP contribution in [0.25, 0.3) is 11.3 Å². The Morgan fingerprint density at radius 3 is 2.68 bits per heavy atom. The Morgan fingerprint density at radius 1 is 1.25 bits per heavy atom. The largest absolute Gasteiger partial charge is 0.495 e. The molecule has 1 heterocycles. The molecule has 0 radical (unpaired) electrons. The Morgan fingerprint density at radius 2 is 2.00 bits per heavy atom. The number of benzene rings is 2. The molecule has 0 bridgehead atoms. The van der Waals surface area contributed by atoms with Crippen LogP contribution >= 0.6 is 23.4 Å². The molecular weight excluding hydrogens is 400 g/mol. The van der Waals surface area contributed by atoms with E-state index in [0.29, 0.717) is 22.0 Å². The van der Waals surface area contributed by atoms with Gasteiger partial charge in [0.15, 0.2) is 10.9 Å². The average molecular weight is 417 g/mol. The van der Waals surface area contributed by atoms with Gasteiger partial charge in [-0.3, -0.25) is 14.6 Å². The second-order valence-corrected chi connectivity index (χ2v) is 7.18. The van der Waals surface area contributed by atoms with E-state index in [-0.39, 0.29) is 28.1 Å². The third-order valence-electron chi connectivity index (χ3n) is 3.82. The van der Waals surface area contributed by atoms with Crippen LogP contribution in [0, 0.1) is 6.92 Å². The number of hydrogen-bond donors (Lipinski definition) is 2. The number of rotatable bonds is 6. The summed E-state index contributed by atoms with van der Waals surface area (Å²) < 4.78 is 5.24. The van der Waals surface area contributed by atoms with E-state index in [0.717, 1.165) is 17.3 Å². The fraction of sp³-hybridized carbons (Fsp3) is 0.158. The van der Waals surface area contributed by atoms with Gasteiger partial charge in [-0.05, 0) is 18.6 Å². The second-order valence-electron chi connectivity index (χ2n) is 5.81. The van der Waals surface area contributed by atoms with Crippen molar-refractivity contribution in [1.82, 2.24) is 15.2 Å². The van der Waals surface area contributed by atoms with Gasteiger partial charge in [-0.1, -0.05) is 53.7 Å². The molecule has 3 aromatic rings. The predicted octanol–water partition coefficient (Wildman–Crippen LogP) is 3.53. The Hall–Kier alpha value is -2.84. The molecule has 0 atom stereocenters. The van der Waals surface area contributed by atoms with Crippen molar-refractivity contribution >= 4 is 35.0 Å². The van der Waals surface area contributed by atoms with Gasteiger partial charge in [0.2, 0.25) is 5.91 Å². The Kier molecular flexibility index (Phi) is 6.33. The monoisotopic (exact) mass is 416 g/mol. The van der Waals surface area contributed by atoms with Crippen LogP contribution in [0.1, 0.15) is 5.56 Å².